The average Bonchev–Trinajstić information content (AvgIpc) is 3.37. The van der Waals surface area contributed by atoms with Crippen LogP contribution in [0.15, 0.2) is 40.8 Å². The lowest BCUT2D eigenvalue weighted by molar-refractivity contribution is -0.118. The van der Waals surface area contributed by atoms with Crippen LogP contribution in [0.25, 0.3) is 17.0 Å². The van der Waals surface area contributed by atoms with E-state index in [-0.39, 0.29) is 5.91 Å². The first-order valence-electron chi connectivity index (χ1n) is 9.60. The van der Waals surface area contributed by atoms with Crippen LogP contribution in [0.1, 0.15) is 46.3 Å². The summed E-state index contributed by atoms with van der Waals surface area (Å²) in [6.07, 6.45) is 4.70. The molecule has 2 amide bonds. The van der Waals surface area contributed by atoms with Crippen LogP contribution in [0.4, 0.5) is 4.79 Å². The van der Waals surface area contributed by atoms with Gasteiger partial charge in [-0.1, -0.05) is 18.2 Å². The zero-order valence-electron chi connectivity index (χ0n) is 16.9. The zero-order chi connectivity index (χ0) is 20.4. The zero-order valence-corrected chi connectivity index (χ0v) is 16.9. The number of rotatable bonds is 6. The number of alkyl carbamates (subject to hydrolysis) is 1. The summed E-state index contributed by atoms with van der Waals surface area (Å²) in [5.41, 5.74) is -0.294. The summed E-state index contributed by atoms with van der Waals surface area (Å²) in [6, 6.07) is 9.59. The fourth-order valence-electron chi connectivity index (χ4n) is 3.15. The van der Waals surface area contributed by atoms with E-state index in [1.165, 1.54) is 6.08 Å². The molecule has 0 saturated heterocycles. The van der Waals surface area contributed by atoms with Gasteiger partial charge < -0.3 is 19.8 Å². The van der Waals surface area contributed by atoms with Gasteiger partial charge in [0, 0.05) is 18.0 Å². The average molecular weight is 384 g/mol. The first-order valence-corrected chi connectivity index (χ1v) is 9.60. The fourth-order valence-corrected chi connectivity index (χ4v) is 3.15. The first kappa shape index (κ1) is 20.0. The molecule has 6 nitrogen and oxygen atoms in total. The highest BCUT2D eigenvalue weighted by Gasteiger charge is 2.42. The lowest BCUT2D eigenvalue weighted by Crippen LogP contribution is -2.55. The minimum absolute atomic E-state index is 0.221. The van der Waals surface area contributed by atoms with Gasteiger partial charge in [0.25, 0.3) is 0 Å². The lowest BCUT2D eigenvalue weighted by atomic mass is 9.95. The Balaban J connectivity index is 1.59. The van der Waals surface area contributed by atoms with Gasteiger partial charge in [0.05, 0.1) is 5.54 Å². The maximum atomic E-state index is 12.5. The van der Waals surface area contributed by atoms with Crippen molar-refractivity contribution in [3.05, 3.63) is 42.2 Å². The Morgan fingerprint density at radius 2 is 1.93 bits per heavy atom. The van der Waals surface area contributed by atoms with Crippen molar-refractivity contribution in [2.24, 2.45) is 5.92 Å². The molecule has 1 aromatic carbocycles. The van der Waals surface area contributed by atoms with Crippen LogP contribution in [0, 0.1) is 5.92 Å². The molecule has 2 N–H and O–H groups in total. The van der Waals surface area contributed by atoms with Gasteiger partial charge in [-0.05, 0) is 64.7 Å². The van der Waals surface area contributed by atoms with E-state index in [2.05, 4.69) is 10.6 Å². The van der Waals surface area contributed by atoms with Gasteiger partial charge in [-0.3, -0.25) is 4.79 Å². The highest BCUT2D eigenvalue weighted by Crippen LogP contribution is 2.39. The summed E-state index contributed by atoms with van der Waals surface area (Å²) in [5.74, 6) is 0.739. The molecule has 1 aliphatic carbocycles. The predicted molar refractivity (Wildman–Crippen MR) is 109 cm³/mol. The molecule has 2 aromatic rings. The van der Waals surface area contributed by atoms with E-state index in [9.17, 15) is 9.59 Å². The molecule has 6 heteroatoms. The Hall–Kier alpha value is -2.76. The molecule has 1 atom stereocenters. The fraction of sp³-hybridized carbons (Fsp3) is 0.455. The minimum Gasteiger partial charge on any atom is -0.457 e. The molecular formula is C22H28N2O4. The van der Waals surface area contributed by atoms with Gasteiger partial charge >= 0.3 is 6.09 Å². The summed E-state index contributed by atoms with van der Waals surface area (Å²) in [7, 11) is 0. The number of carbonyl (C=O) groups is 2. The molecule has 150 valence electrons. The van der Waals surface area contributed by atoms with Gasteiger partial charge in [0.1, 0.15) is 16.9 Å². The second kappa shape index (κ2) is 7.70. The second-order valence-corrected chi connectivity index (χ2v) is 8.56. The van der Waals surface area contributed by atoms with Crippen LogP contribution in [-0.2, 0) is 9.53 Å². The van der Waals surface area contributed by atoms with Crippen molar-refractivity contribution in [2.75, 3.05) is 6.54 Å². The van der Waals surface area contributed by atoms with Crippen LogP contribution in [0.5, 0.6) is 0 Å². The number of para-hydroxylation sites is 1. The molecule has 0 aliphatic heterocycles. The van der Waals surface area contributed by atoms with E-state index >= 15 is 0 Å². The molecule has 1 unspecified atom stereocenters. The van der Waals surface area contributed by atoms with E-state index < -0.39 is 17.2 Å². The number of ether oxygens (including phenoxy) is 1. The topological polar surface area (TPSA) is 80.6 Å². The van der Waals surface area contributed by atoms with Crippen LogP contribution in [0.2, 0.25) is 0 Å². The van der Waals surface area contributed by atoms with Crippen molar-refractivity contribution >= 4 is 29.0 Å². The standard InChI is InChI=1S/C22H28N2O4/c1-21(2,3)28-20(26)23-14-22(4,16-9-10-16)24-19(25)12-11-17-13-15-7-5-6-8-18(15)27-17/h5-8,11-13,16H,9-10,14H2,1-4H3,(H,23,26)(H,24,25). The number of nitrogens with one attached hydrogen (secondary N) is 2. The van der Waals surface area contributed by atoms with Crippen molar-refractivity contribution in [2.45, 2.75) is 51.7 Å². The molecule has 0 bridgehead atoms. The number of hydrogen-bond acceptors (Lipinski definition) is 4. The maximum absolute atomic E-state index is 12.5. The van der Waals surface area contributed by atoms with Gasteiger partial charge in [-0.15, -0.1) is 0 Å². The molecule has 28 heavy (non-hydrogen) atoms. The third-order valence-corrected chi connectivity index (χ3v) is 4.73. The number of amides is 2. The summed E-state index contributed by atoms with van der Waals surface area (Å²) >= 11 is 0. The van der Waals surface area contributed by atoms with Crippen molar-refractivity contribution in [3.63, 3.8) is 0 Å². The van der Waals surface area contributed by atoms with E-state index in [4.69, 9.17) is 9.15 Å². The van der Waals surface area contributed by atoms with Crippen molar-refractivity contribution in [3.8, 4) is 0 Å². The number of benzene rings is 1. The Morgan fingerprint density at radius 3 is 2.57 bits per heavy atom. The largest absolute Gasteiger partial charge is 0.457 e. The monoisotopic (exact) mass is 384 g/mol. The summed E-state index contributed by atoms with van der Waals surface area (Å²) in [5, 5.41) is 6.81. The number of hydrogen-bond donors (Lipinski definition) is 2. The van der Waals surface area contributed by atoms with Crippen LogP contribution >= 0.6 is 0 Å². The second-order valence-electron chi connectivity index (χ2n) is 8.56. The molecule has 1 aliphatic rings. The van der Waals surface area contributed by atoms with Crippen molar-refractivity contribution < 1.29 is 18.7 Å². The molecule has 0 spiro atoms. The normalized spacial score (nSPS) is 16.7. The van der Waals surface area contributed by atoms with E-state index in [1.807, 2.05) is 58.0 Å². The Bertz CT molecular complexity index is 856. The van der Waals surface area contributed by atoms with Gasteiger partial charge in [0.2, 0.25) is 5.91 Å². The minimum atomic E-state index is -0.557. The van der Waals surface area contributed by atoms with Gasteiger partial charge in [-0.2, -0.15) is 0 Å². The van der Waals surface area contributed by atoms with Crippen LogP contribution < -0.4 is 10.6 Å². The Morgan fingerprint density at radius 1 is 1.21 bits per heavy atom. The molecular weight excluding hydrogens is 356 g/mol. The highest BCUT2D eigenvalue weighted by atomic mass is 16.6. The molecule has 1 aromatic heterocycles. The van der Waals surface area contributed by atoms with Crippen LogP contribution in [0.3, 0.4) is 0 Å². The van der Waals surface area contributed by atoms with E-state index in [1.54, 1.807) is 6.08 Å². The summed E-state index contributed by atoms with van der Waals surface area (Å²) in [6.45, 7) is 7.72. The molecule has 1 fully saturated rings. The van der Waals surface area contributed by atoms with Crippen molar-refractivity contribution in [1.82, 2.24) is 10.6 Å². The lowest BCUT2D eigenvalue weighted by Gasteiger charge is -2.31. The molecule has 1 saturated carbocycles. The smallest absolute Gasteiger partial charge is 0.407 e. The highest BCUT2D eigenvalue weighted by molar-refractivity contribution is 5.92. The quantitative estimate of drug-likeness (QED) is 0.730. The first-order chi connectivity index (χ1) is 13.1. The SMILES string of the molecule is CC(C)(C)OC(=O)NCC(C)(NC(=O)C=Cc1cc2ccccc2o1)C1CC1. The number of carbonyl (C=O) groups excluding carboxylic acids is 2. The van der Waals surface area contributed by atoms with E-state index in [0.717, 1.165) is 23.8 Å². The maximum Gasteiger partial charge on any atom is 0.407 e. The van der Waals surface area contributed by atoms with Gasteiger partial charge in [0.15, 0.2) is 0 Å². The molecule has 3 rings (SSSR count). The third kappa shape index (κ3) is 5.38. The number of fused-ring (bicyclic) bond motifs is 1. The number of furan rings is 1. The van der Waals surface area contributed by atoms with Crippen molar-refractivity contribution in [1.29, 1.82) is 0 Å². The third-order valence-electron chi connectivity index (χ3n) is 4.73. The summed E-state index contributed by atoms with van der Waals surface area (Å²) in [4.78, 5) is 24.4. The Labute approximate surface area is 165 Å². The molecule has 0 radical (unpaired) electrons. The summed E-state index contributed by atoms with van der Waals surface area (Å²) < 4.78 is 11.0. The van der Waals surface area contributed by atoms with Gasteiger partial charge in [-0.25, -0.2) is 4.79 Å². The molecule has 1 heterocycles. The predicted octanol–water partition coefficient (Wildman–Crippen LogP) is 4.26. The van der Waals surface area contributed by atoms with Crippen LogP contribution in [-0.4, -0.2) is 29.7 Å². The Kier molecular flexibility index (Phi) is 5.49. The van der Waals surface area contributed by atoms with E-state index in [0.29, 0.717) is 18.2 Å².